The van der Waals surface area contributed by atoms with Crippen molar-refractivity contribution in [1.29, 1.82) is 5.26 Å². The van der Waals surface area contributed by atoms with E-state index in [1.54, 1.807) is 24.3 Å². The van der Waals surface area contributed by atoms with E-state index < -0.39 is 11.7 Å². The fraction of sp³-hybridized carbons (Fsp3) is 0.120. The number of nitriles is 1. The average molecular weight is 530 g/mol. The minimum atomic E-state index is -0.610. The maximum absolute atomic E-state index is 13.1. The zero-order valence-electron chi connectivity index (χ0n) is 17.6. The van der Waals surface area contributed by atoms with Gasteiger partial charge in [-0.2, -0.15) is 5.26 Å². The second-order valence-corrected chi connectivity index (χ2v) is 8.10. The fourth-order valence-electron chi connectivity index (χ4n) is 2.86. The van der Waals surface area contributed by atoms with Gasteiger partial charge in [-0.25, -0.2) is 4.39 Å². The summed E-state index contributed by atoms with van der Waals surface area (Å²) in [5, 5.41) is 12.7. The summed E-state index contributed by atoms with van der Waals surface area (Å²) in [6, 6.07) is 17.9. The van der Waals surface area contributed by atoms with Crippen molar-refractivity contribution in [2.24, 2.45) is 0 Å². The molecular weight excluding hydrogens is 511 g/mol. The third-order valence-corrected chi connectivity index (χ3v) is 5.25. The zero-order valence-corrected chi connectivity index (χ0v) is 19.9. The first-order valence-corrected chi connectivity index (χ1v) is 11.1. The maximum Gasteiger partial charge on any atom is 0.266 e. The standard InChI is InChI=1S/C25H19BrClFN2O3/c1-2-32-23-13-17(11-18(14-29)25(31)30-21-9-7-20(28)8-10-21)12-22(26)24(23)33-15-16-3-5-19(27)6-4-16/h3-13H,2,15H2,1H3,(H,30,31)/b18-11-. The minimum Gasteiger partial charge on any atom is -0.490 e. The van der Waals surface area contributed by atoms with E-state index in [1.807, 2.05) is 25.1 Å². The summed E-state index contributed by atoms with van der Waals surface area (Å²) >= 11 is 9.41. The van der Waals surface area contributed by atoms with Crippen molar-refractivity contribution in [3.05, 3.63) is 92.7 Å². The van der Waals surface area contributed by atoms with Crippen LogP contribution in [0.4, 0.5) is 10.1 Å². The molecule has 0 saturated carbocycles. The van der Waals surface area contributed by atoms with Crippen LogP contribution in [0.15, 0.2) is 70.7 Å². The molecule has 0 aliphatic carbocycles. The predicted molar refractivity (Wildman–Crippen MR) is 130 cm³/mol. The summed E-state index contributed by atoms with van der Waals surface area (Å²) in [5.74, 6) is -0.0708. The average Bonchev–Trinajstić information content (AvgIpc) is 2.79. The summed E-state index contributed by atoms with van der Waals surface area (Å²) in [6.45, 7) is 2.54. The van der Waals surface area contributed by atoms with Gasteiger partial charge in [-0.05, 0) is 88.6 Å². The summed E-state index contributed by atoms with van der Waals surface area (Å²) in [4.78, 5) is 12.5. The van der Waals surface area contributed by atoms with E-state index in [-0.39, 0.29) is 5.57 Å². The molecule has 0 atom stereocenters. The Bertz CT molecular complexity index is 1210. The fourth-order valence-corrected chi connectivity index (χ4v) is 3.56. The number of ether oxygens (including phenoxy) is 2. The molecule has 1 amide bonds. The van der Waals surface area contributed by atoms with Crippen LogP contribution >= 0.6 is 27.5 Å². The smallest absolute Gasteiger partial charge is 0.266 e. The van der Waals surface area contributed by atoms with E-state index in [9.17, 15) is 14.4 Å². The van der Waals surface area contributed by atoms with Gasteiger partial charge in [0, 0.05) is 10.7 Å². The Morgan fingerprint density at radius 1 is 1.15 bits per heavy atom. The molecule has 33 heavy (non-hydrogen) atoms. The van der Waals surface area contributed by atoms with Crippen LogP contribution in [-0.2, 0) is 11.4 Å². The van der Waals surface area contributed by atoms with Gasteiger partial charge in [-0.15, -0.1) is 0 Å². The number of carbonyl (C=O) groups is 1. The molecule has 0 fully saturated rings. The molecule has 0 aliphatic heterocycles. The first-order chi connectivity index (χ1) is 15.9. The van der Waals surface area contributed by atoms with E-state index in [4.69, 9.17) is 21.1 Å². The molecule has 0 saturated heterocycles. The van der Waals surface area contributed by atoms with E-state index in [0.717, 1.165) is 5.56 Å². The Balaban J connectivity index is 1.83. The van der Waals surface area contributed by atoms with Gasteiger partial charge in [-0.1, -0.05) is 23.7 Å². The highest BCUT2D eigenvalue weighted by atomic mass is 79.9. The van der Waals surface area contributed by atoms with Gasteiger partial charge in [0.05, 0.1) is 11.1 Å². The van der Waals surface area contributed by atoms with Gasteiger partial charge in [0.15, 0.2) is 11.5 Å². The molecule has 0 radical (unpaired) electrons. The van der Waals surface area contributed by atoms with Crippen LogP contribution in [0.3, 0.4) is 0 Å². The summed E-state index contributed by atoms with van der Waals surface area (Å²) in [5.41, 5.74) is 1.75. The van der Waals surface area contributed by atoms with Crippen LogP contribution in [0, 0.1) is 17.1 Å². The van der Waals surface area contributed by atoms with Crippen molar-refractivity contribution in [3.8, 4) is 17.6 Å². The second-order valence-electron chi connectivity index (χ2n) is 6.81. The number of nitrogens with one attached hydrogen (secondary N) is 1. The zero-order chi connectivity index (χ0) is 23.8. The van der Waals surface area contributed by atoms with Crippen molar-refractivity contribution < 1.29 is 18.7 Å². The number of carbonyl (C=O) groups excluding carboxylic acids is 1. The first kappa shape index (κ1) is 24.3. The summed E-state index contributed by atoms with van der Waals surface area (Å²) in [7, 11) is 0. The molecule has 0 heterocycles. The third kappa shape index (κ3) is 6.82. The highest BCUT2D eigenvalue weighted by Crippen LogP contribution is 2.38. The number of benzene rings is 3. The molecular formula is C25H19BrClFN2O3. The highest BCUT2D eigenvalue weighted by molar-refractivity contribution is 9.10. The van der Waals surface area contributed by atoms with Crippen LogP contribution in [0.5, 0.6) is 11.5 Å². The summed E-state index contributed by atoms with van der Waals surface area (Å²) in [6.07, 6.45) is 1.44. The number of halogens is 3. The topological polar surface area (TPSA) is 71.3 Å². The number of hydrogen-bond donors (Lipinski definition) is 1. The van der Waals surface area contributed by atoms with Crippen molar-refractivity contribution >= 4 is 45.2 Å². The Labute approximate surface area is 204 Å². The molecule has 3 rings (SSSR count). The third-order valence-electron chi connectivity index (χ3n) is 4.41. The molecule has 3 aromatic rings. The number of amides is 1. The van der Waals surface area contributed by atoms with E-state index in [0.29, 0.717) is 45.5 Å². The van der Waals surface area contributed by atoms with Crippen molar-refractivity contribution in [3.63, 3.8) is 0 Å². The molecule has 0 aliphatic rings. The van der Waals surface area contributed by atoms with Crippen LogP contribution in [0.25, 0.3) is 6.08 Å². The van der Waals surface area contributed by atoms with Gasteiger partial charge in [0.2, 0.25) is 0 Å². The second kappa shape index (κ2) is 11.5. The Hall–Kier alpha value is -3.34. The van der Waals surface area contributed by atoms with Crippen molar-refractivity contribution in [2.75, 3.05) is 11.9 Å². The van der Waals surface area contributed by atoms with Gasteiger partial charge in [-0.3, -0.25) is 4.79 Å². The van der Waals surface area contributed by atoms with Gasteiger partial charge in [0.1, 0.15) is 24.1 Å². The monoisotopic (exact) mass is 528 g/mol. The van der Waals surface area contributed by atoms with Crippen LogP contribution < -0.4 is 14.8 Å². The summed E-state index contributed by atoms with van der Waals surface area (Å²) < 4.78 is 25.4. The minimum absolute atomic E-state index is 0.122. The lowest BCUT2D eigenvalue weighted by molar-refractivity contribution is -0.112. The Morgan fingerprint density at radius 2 is 1.85 bits per heavy atom. The van der Waals surface area contributed by atoms with Crippen molar-refractivity contribution in [1.82, 2.24) is 0 Å². The molecule has 0 bridgehead atoms. The largest absolute Gasteiger partial charge is 0.490 e. The van der Waals surface area contributed by atoms with Gasteiger partial charge in [0.25, 0.3) is 5.91 Å². The predicted octanol–water partition coefficient (Wildman–Crippen LogP) is 6.76. The quantitative estimate of drug-likeness (QED) is 0.258. The number of anilines is 1. The number of rotatable bonds is 8. The van der Waals surface area contributed by atoms with Crippen LogP contribution in [0.1, 0.15) is 18.1 Å². The lowest BCUT2D eigenvalue weighted by Gasteiger charge is -2.15. The SMILES string of the molecule is CCOc1cc(/C=C(/C#N)C(=O)Nc2ccc(F)cc2)cc(Br)c1OCc1ccc(Cl)cc1. The van der Waals surface area contributed by atoms with Gasteiger partial charge >= 0.3 is 0 Å². The molecule has 5 nitrogen and oxygen atoms in total. The molecule has 0 aromatic heterocycles. The Kier molecular flexibility index (Phi) is 8.47. The highest BCUT2D eigenvalue weighted by Gasteiger charge is 2.15. The lowest BCUT2D eigenvalue weighted by atomic mass is 10.1. The first-order valence-electron chi connectivity index (χ1n) is 9.92. The maximum atomic E-state index is 13.1. The normalized spacial score (nSPS) is 10.9. The van der Waals surface area contributed by atoms with E-state index in [2.05, 4.69) is 21.2 Å². The van der Waals surface area contributed by atoms with Crippen molar-refractivity contribution in [2.45, 2.75) is 13.5 Å². The van der Waals surface area contributed by atoms with Crippen LogP contribution in [0.2, 0.25) is 5.02 Å². The Morgan fingerprint density at radius 3 is 2.48 bits per heavy atom. The number of hydrogen-bond acceptors (Lipinski definition) is 4. The lowest BCUT2D eigenvalue weighted by Crippen LogP contribution is -2.13. The number of nitrogens with zero attached hydrogens (tertiary/aromatic N) is 1. The molecule has 3 aromatic carbocycles. The molecule has 8 heteroatoms. The van der Waals surface area contributed by atoms with Crippen LogP contribution in [-0.4, -0.2) is 12.5 Å². The molecule has 0 unspecified atom stereocenters. The molecule has 1 N–H and O–H groups in total. The molecule has 168 valence electrons. The van der Waals surface area contributed by atoms with Gasteiger partial charge < -0.3 is 14.8 Å². The molecule has 0 spiro atoms. The van der Waals surface area contributed by atoms with E-state index in [1.165, 1.54) is 30.3 Å². The van der Waals surface area contributed by atoms with E-state index >= 15 is 0 Å².